The molecule has 204 valence electrons. The zero-order valence-corrected chi connectivity index (χ0v) is 22.3. The van der Waals surface area contributed by atoms with Gasteiger partial charge in [-0.25, -0.2) is 0 Å². The zero-order valence-electron chi connectivity index (χ0n) is 22.3. The molecule has 0 amide bonds. The van der Waals surface area contributed by atoms with Gasteiger partial charge in [0.2, 0.25) is 0 Å². The first kappa shape index (κ1) is 26.9. The molecule has 3 aliphatic rings. The third kappa shape index (κ3) is 7.70. The summed E-state index contributed by atoms with van der Waals surface area (Å²) in [5.74, 6) is 2.66. The zero-order chi connectivity index (χ0) is 26.2. The number of nitrogens with zero attached hydrogens (tertiary/aromatic N) is 2. The van der Waals surface area contributed by atoms with Crippen molar-refractivity contribution in [1.29, 1.82) is 0 Å². The van der Waals surface area contributed by atoms with E-state index in [0.29, 0.717) is 24.9 Å². The smallest absolute Gasteiger partial charge is 0.119 e. The highest BCUT2D eigenvalue weighted by Crippen LogP contribution is 2.30. The van der Waals surface area contributed by atoms with Crippen molar-refractivity contribution in [3.05, 3.63) is 84.0 Å². The van der Waals surface area contributed by atoms with E-state index < -0.39 is 12.2 Å². The summed E-state index contributed by atoms with van der Waals surface area (Å²) in [6.45, 7) is 5.23. The number of piperazine rings is 1. The van der Waals surface area contributed by atoms with Crippen LogP contribution >= 0.6 is 0 Å². The van der Waals surface area contributed by atoms with E-state index in [9.17, 15) is 10.2 Å². The predicted molar refractivity (Wildman–Crippen MR) is 151 cm³/mol. The Bertz CT molecular complexity index is 959. The first-order valence-corrected chi connectivity index (χ1v) is 14.2. The van der Waals surface area contributed by atoms with Gasteiger partial charge in [0, 0.05) is 51.1 Å². The second kappa shape index (κ2) is 13.4. The molecule has 0 bridgehead atoms. The molecular weight excluding hydrogens is 476 g/mol. The topological polar surface area (TPSA) is 65.4 Å². The molecule has 0 saturated carbocycles. The normalized spacial score (nSPS) is 23.5. The number of benzene rings is 2. The van der Waals surface area contributed by atoms with Crippen molar-refractivity contribution in [2.75, 3.05) is 52.5 Å². The number of allylic oxidation sites excluding steroid dienone is 4. The van der Waals surface area contributed by atoms with Crippen LogP contribution in [0.4, 0.5) is 0 Å². The first-order valence-electron chi connectivity index (χ1n) is 14.2. The standard InChI is InChI=1S/C32H42N2O4/c35-29(23-37-31-13-9-27(10-14-31)25-5-1-2-6-25)21-33-17-19-34(20-18-33)22-30(36)24-38-32-15-11-28(12-16-32)26-7-3-4-8-26/h1,3,5,7,9-16,25-26,29-30,35-36H,2,4,6,8,17-24H2/t25-,26-,29+,30+/m1/s1. The minimum Gasteiger partial charge on any atom is -0.491 e. The van der Waals surface area contributed by atoms with Gasteiger partial charge in [-0.15, -0.1) is 0 Å². The van der Waals surface area contributed by atoms with Crippen LogP contribution < -0.4 is 9.47 Å². The predicted octanol–water partition coefficient (Wildman–Crippen LogP) is 4.35. The van der Waals surface area contributed by atoms with Crippen molar-refractivity contribution in [3.63, 3.8) is 0 Å². The average molecular weight is 519 g/mol. The maximum absolute atomic E-state index is 10.5. The van der Waals surface area contributed by atoms with Crippen LogP contribution in [0.3, 0.4) is 0 Å². The van der Waals surface area contributed by atoms with Crippen molar-refractivity contribution >= 4 is 0 Å². The highest BCUT2D eigenvalue weighted by Gasteiger charge is 2.22. The fraction of sp³-hybridized carbons (Fsp3) is 0.500. The molecule has 2 aliphatic carbocycles. The lowest BCUT2D eigenvalue weighted by Crippen LogP contribution is -2.51. The van der Waals surface area contributed by atoms with Crippen LogP contribution in [0.25, 0.3) is 0 Å². The summed E-state index contributed by atoms with van der Waals surface area (Å²) in [6.07, 6.45) is 12.7. The van der Waals surface area contributed by atoms with Crippen LogP contribution in [-0.2, 0) is 0 Å². The number of rotatable bonds is 12. The van der Waals surface area contributed by atoms with Crippen molar-refractivity contribution < 1.29 is 19.7 Å². The molecule has 2 N–H and O–H groups in total. The summed E-state index contributed by atoms with van der Waals surface area (Å²) < 4.78 is 11.7. The monoisotopic (exact) mass is 518 g/mol. The van der Waals surface area contributed by atoms with E-state index in [0.717, 1.165) is 50.5 Å². The van der Waals surface area contributed by atoms with Gasteiger partial charge in [-0.2, -0.15) is 0 Å². The molecular formula is C32H42N2O4. The molecule has 0 unspecified atom stereocenters. The maximum atomic E-state index is 10.5. The van der Waals surface area contributed by atoms with Crippen molar-refractivity contribution in [2.45, 2.75) is 49.7 Å². The molecule has 4 atom stereocenters. The largest absolute Gasteiger partial charge is 0.491 e. The molecule has 0 aromatic heterocycles. The number of hydrogen-bond donors (Lipinski definition) is 2. The molecule has 1 aliphatic heterocycles. The number of aliphatic hydroxyl groups is 2. The average Bonchev–Trinajstić information content (AvgIpc) is 3.68. The second-order valence-corrected chi connectivity index (χ2v) is 10.9. The lowest BCUT2D eigenvalue weighted by molar-refractivity contribution is 0.0240. The second-order valence-electron chi connectivity index (χ2n) is 10.9. The van der Waals surface area contributed by atoms with Crippen LogP contribution in [0.5, 0.6) is 11.5 Å². The van der Waals surface area contributed by atoms with Gasteiger partial charge >= 0.3 is 0 Å². The van der Waals surface area contributed by atoms with Crippen LogP contribution in [0, 0.1) is 0 Å². The molecule has 6 nitrogen and oxygen atoms in total. The van der Waals surface area contributed by atoms with Crippen LogP contribution in [-0.4, -0.2) is 84.7 Å². The molecule has 1 saturated heterocycles. The number of β-amino-alcohol motifs (C(OH)–C–C–N with tert-alkyl or cyclic N) is 2. The third-order valence-corrected chi connectivity index (χ3v) is 7.93. The van der Waals surface area contributed by atoms with Gasteiger partial charge in [-0.05, 0) is 61.1 Å². The molecule has 2 aromatic rings. The fourth-order valence-corrected chi connectivity index (χ4v) is 5.68. The summed E-state index contributed by atoms with van der Waals surface area (Å²) >= 11 is 0. The number of aliphatic hydroxyl groups excluding tert-OH is 2. The molecule has 1 heterocycles. The lowest BCUT2D eigenvalue weighted by Gasteiger charge is -2.36. The van der Waals surface area contributed by atoms with Crippen molar-refractivity contribution in [2.24, 2.45) is 0 Å². The Morgan fingerprint density at radius 3 is 1.37 bits per heavy atom. The SMILES string of the molecule is O[C@H](COc1ccc([C@@H]2C=CCC2)cc1)CN1CCN(C[C@H](O)COc2ccc([C@@H]3C=CCC3)cc2)CC1. The highest BCUT2D eigenvalue weighted by atomic mass is 16.5. The Hall–Kier alpha value is -2.64. The van der Waals surface area contributed by atoms with Gasteiger partial charge in [0.05, 0.1) is 0 Å². The van der Waals surface area contributed by atoms with Gasteiger partial charge in [0.15, 0.2) is 0 Å². The minimum absolute atomic E-state index is 0.289. The van der Waals surface area contributed by atoms with E-state index in [1.54, 1.807) is 0 Å². The van der Waals surface area contributed by atoms with E-state index in [-0.39, 0.29) is 13.2 Å². The molecule has 0 radical (unpaired) electrons. The molecule has 2 aromatic carbocycles. The molecule has 0 spiro atoms. The van der Waals surface area contributed by atoms with E-state index in [1.165, 1.54) is 24.0 Å². The van der Waals surface area contributed by atoms with Crippen molar-refractivity contribution in [3.8, 4) is 11.5 Å². The Morgan fingerprint density at radius 1 is 0.632 bits per heavy atom. The maximum Gasteiger partial charge on any atom is 0.119 e. The molecule has 1 fully saturated rings. The van der Waals surface area contributed by atoms with E-state index in [1.807, 2.05) is 24.3 Å². The van der Waals surface area contributed by atoms with Crippen LogP contribution in [0.2, 0.25) is 0 Å². The number of ether oxygens (including phenoxy) is 2. The Labute approximate surface area is 227 Å². The number of hydrogen-bond acceptors (Lipinski definition) is 6. The van der Waals surface area contributed by atoms with E-state index in [2.05, 4.69) is 58.4 Å². The summed E-state index contributed by atoms with van der Waals surface area (Å²) in [7, 11) is 0. The summed E-state index contributed by atoms with van der Waals surface area (Å²) in [5.41, 5.74) is 2.65. The Kier molecular flexibility index (Phi) is 9.52. The van der Waals surface area contributed by atoms with E-state index in [4.69, 9.17) is 9.47 Å². The third-order valence-electron chi connectivity index (χ3n) is 7.93. The highest BCUT2D eigenvalue weighted by molar-refractivity contribution is 5.33. The quantitative estimate of drug-likeness (QED) is 0.408. The van der Waals surface area contributed by atoms with Gasteiger partial charge < -0.3 is 19.7 Å². The van der Waals surface area contributed by atoms with Gasteiger partial charge in [0.1, 0.15) is 36.9 Å². The summed E-state index contributed by atoms with van der Waals surface area (Å²) in [6, 6.07) is 16.5. The molecule has 6 heteroatoms. The molecule has 5 rings (SSSR count). The van der Waals surface area contributed by atoms with Crippen LogP contribution in [0.1, 0.15) is 48.6 Å². The van der Waals surface area contributed by atoms with Gasteiger partial charge in [-0.3, -0.25) is 9.80 Å². The Balaban J connectivity index is 0.952. The first-order chi connectivity index (χ1) is 18.6. The lowest BCUT2D eigenvalue weighted by atomic mass is 9.99. The summed E-state index contributed by atoms with van der Waals surface area (Å²) in [4.78, 5) is 4.54. The summed E-state index contributed by atoms with van der Waals surface area (Å²) in [5, 5.41) is 21.0. The minimum atomic E-state index is -0.533. The molecule has 38 heavy (non-hydrogen) atoms. The van der Waals surface area contributed by atoms with E-state index >= 15 is 0 Å². The van der Waals surface area contributed by atoms with Crippen molar-refractivity contribution in [1.82, 2.24) is 9.80 Å². The van der Waals surface area contributed by atoms with Gasteiger partial charge in [0.25, 0.3) is 0 Å². The van der Waals surface area contributed by atoms with Gasteiger partial charge in [-0.1, -0.05) is 48.6 Å². The Morgan fingerprint density at radius 2 is 1.03 bits per heavy atom. The van der Waals surface area contributed by atoms with Crippen LogP contribution in [0.15, 0.2) is 72.8 Å². The fourth-order valence-electron chi connectivity index (χ4n) is 5.68.